The van der Waals surface area contributed by atoms with Gasteiger partial charge < -0.3 is 5.32 Å². The van der Waals surface area contributed by atoms with Crippen LogP contribution in [0.25, 0.3) is 0 Å². The lowest BCUT2D eigenvalue weighted by molar-refractivity contribution is 0.523. The monoisotopic (exact) mass is 138 g/mol. The Balaban J connectivity index is 2.27. The smallest absolute Gasteiger partial charge is 0.216 e. The maximum Gasteiger partial charge on any atom is 0.216 e. The molecule has 0 aliphatic carbocycles. The van der Waals surface area contributed by atoms with Crippen molar-refractivity contribution in [2.45, 2.75) is 31.3 Å². The molecule has 2 nitrogen and oxygen atoms in total. The molecule has 1 aliphatic rings. The van der Waals surface area contributed by atoms with E-state index in [-0.39, 0.29) is 6.04 Å². The summed E-state index contributed by atoms with van der Waals surface area (Å²) in [5, 5.41) is 3.15. The highest BCUT2D eigenvalue weighted by Crippen LogP contribution is 2.13. The van der Waals surface area contributed by atoms with E-state index in [1.54, 1.807) is 0 Å². The van der Waals surface area contributed by atoms with Gasteiger partial charge in [0, 0.05) is 6.04 Å². The molecule has 0 aromatic carbocycles. The summed E-state index contributed by atoms with van der Waals surface area (Å²) in [4.78, 5) is 10.1. The number of rotatable bonds is 3. The maximum atomic E-state index is 10.1. The Hall–Kier alpha value is -0.630. The molecule has 1 heterocycles. The normalized spacial score (nSPS) is 32.0. The van der Waals surface area contributed by atoms with Gasteiger partial charge in [-0.25, -0.2) is 0 Å². The molecule has 1 rings (SSSR count). The highest BCUT2D eigenvalue weighted by Gasteiger charge is 2.21. The minimum atomic E-state index is -0.0232. The number of hydrogen-bond acceptors (Lipinski definition) is 2. The Bertz CT molecular complexity index is 133. The molecular weight excluding hydrogens is 126 g/mol. The lowest BCUT2D eigenvalue weighted by Crippen LogP contribution is -2.29. The fourth-order valence-electron chi connectivity index (χ4n) is 1.30. The van der Waals surface area contributed by atoms with Crippen molar-refractivity contribution in [3.63, 3.8) is 0 Å². The van der Waals surface area contributed by atoms with Crippen molar-refractivity contribution in [2.24, 2.45) is 0 Å². The van der Waals surface area contributed by atoms with Gasteiger partial charge in [-0.15, -0.1) is 6.58 Å². The van der Waals surface area contributed by atoms with Crippen molar-refractivity contribution in [1.29, 1.82) is 0 Å². The first-order valence-electron chi connectivity index (χ1n) is 3.61. The van der Waals surface area contributed by atoms with Gasteiger partial charge in [-0.2, -0.15) is 0 Å². The van der Waals surface area contributed by atoms with Crippen LogP contribution in [0.3, 0.4) is 0 Å². The molecular formula is C8H12NO. The second kappa shape index (κ2) is 3.52. The SMILES string of the molecule is C=CC[C@H]1CC[C@@H]([C]=O)N1. The molecule has 10 heavy (non-hydrogen) atoms. The average Bonchev–Trinajstić information content (AvgIpc) is 2.37. The summed E-state index contributed by atoms with van der Waals surface area (Å²) >= 11 is 0. The Labute approximate surface area is 61.3 Å². The van der Waals surface area contributed by atoms with Crippen LogP contribution in [0.1, 0.15) is 19.3 Å². The van der Waals surface area contributed by atoms with Gasteiger partial charge in [0.05, 0.1) is 6.04 Å². The zero-order chi connectivity index (χ0) is 7.40. The zero-order valence-corrected chi connectivity index (χ0v) is 5.97. The van der Waals surface area contributed by atoms with E-state index >= 15 is 0 Å². The standard InChI is InChI=1S/C8H12NO/c1-2-3-7-4-5-8(6-10)9-7/h2,7-9H,1,3-5H2/t7-,8-/m0/s1. The second-order valence-corrected chi connectivity index (χ2v) is 2.64. The van der Waals surface area contributed by atoms with Crippen LogP contribution in [-0.4, -0.2) is 18.4 Å². The van der Waals surface area contributed by atoms with Gasteiger partial charge in [0.2, 0.25) is 6.29 Å². The van der Waals surface area contributed by atoms with Crippen molar-refractivity contribution < 1.29 is 4.79 Å². The summed E-state index contributed by atoms with van der Waals surface area (Å²) in [7, 11) is 0. The van der Waals surface area contributed by atoms with Gasteiger partial charge >= 0.3 is 0 Å². The van der Waals surface area contributed by atoms with Crippen LogP contribution >= 0.6 is 0 Å². The van der Waals surface area contributed by atoms with Gasteiger partial charge in [0.15, 0.2) is 0 Å². The molecule has 0 aromatic heterocycles. The molecule has 0 aromatic rings. The molecule has 0 bridgehead atoms. The van der Waals surface area contributed by atoms with Gasteiger partial charge in [0.1, 0.15) is 0 Å². The van der Waals surface area contributed by atoms with Gasteiger partial charge in [-0.05, 0) is 19.3 Å². The molecule has 0 unspecified atom stereocenters. The highest BCUT2D eigenvalue weighted by molar-refractivity contribution is 5.59. The minimum absolute atomic E-state index is 0.0232. The van der Waals surface area contributed by atoms with Crippen molar-refractivity contribution in [2.75, 3.05) is 0 Å². The van der Waals surface area contributed by atoms with E-state index < -0.39 is 0 Å². The molecule has 1 radical (unpaired) electrons. The van der Waals surface area contributed by atoms with Crippen molar-refractivity contribution in [3.05, 3.63) is 12.7 Å². The molecule has 2 atom stereocenters. The fraction of sp³-hybridized carbons (Fsp3) is 0.625. The zero-order valence-electron chi connectivity index (χ0n) is 5.97. The molecule has 1 fully saturated rings. The lowest BCUT2D eigenvalue weighted by atomic mass is 10.1. The first-order chi connectivity index (χ1) is 4.86. The molecule has 55 valence electrons. The predicted octanol–water partition coefficient (Wildman–Crippen LogP) is 0.793. The van der Waals surface area contributed by atoms with Crippen LogP contribution in [-0.2, 0) is 4.79 Å². The molecule has 1 saturated heterocycles. The maximum absolute atomic E-state index is 10.1. The summed E-state index contributed by atoms with van der Waals surface area (Å²) in [6, 6.07) is 0.439. The second-order valence-electron chi connectivity index (χ2n) is 2.64. The van der Waals surface area contributed by atoms with E-state index in [0.29, 0.717) is 6.04 Å². The predicted molar refractivity (Wildman–Crippen MR) is 40.5 cm³/mol. The largest absolute Gasteiger partial charge is 0.304 e. The fourth-order valence-corrected chi connectivity index (χ4v) is 1.30. The molecule has 0 amide bonds. The van der Waals surface area contributed by atoms with E-state index in [4.69, 9.17) is 0 Å². The van der Waals surface area contributed by atoms with Gasteiger partial charge in [-0.3, -0.25) is 4.79 Å². The third-order valence-electron chi connectivity index (χ3n) is 1.83. The number of nitrogens with one attached hydrogen (secondary N) is 1. The quantitative estimate of drug-likeness (QED) is 0.584. The van der Waals surface area contributed by atoms with Crippen LogP contribution in [0.5, 0.6) is 0 Å². The van der Waals surface area contributed by atoms with Gasteiger partial charge in [-0.1, -0.05) is 6.08 Å². The van der Waals surface area contributed by atoms with Crippen LogP contribution in [0, 0.1) is 0 Å². The number of hydrogen-bond donors (Lipinski definition) is 1. The Morgan fingerprint density at radius 2 is 2.50 bits per heavy atom. The Morgan fingerprint density at radius 1 is 1.70 bits per heavy atom. The number of carbonyl (C=O) groups excluding carboxylic acids is 1. The van der Waals surface area contributed by atoms with E-state index in [9.17, 15) is 4.79 Å². The van der Waals surface area contributed by atoms with E-state index in [2.05, 4.69) is 11.9 Å². The van der Waals surface area contributed by atoms with E-state index in [0.717, 1.165) is 19.3 Å². The van der Waals surface area contributed by atoms with Crippen molar-refractivity contribution in [1.82, 2.24) is 5.32 Å². The van der Waals surface area contributed by atoms with E-state index in [1.165, 1.54) is 0 Å². The van der Waals surface area contributed by atoms with Crippen molar-refractivity contribution in [3.8, 4) is 0 Å². The first-order valence-corrected chi connectivity index (χ1v) is 3.61. The molecule has 1 N–H and O–H groups in total. The van der Waals surface area contributed by atoms with Crippen molar-refractivity contribution >= 4 is 6.29 Å². The third kappa shape index (κ3) is 1.67. The molecule has 2 heteroatoms. The summed E-state index contributed by atoms with van der Waals surface area (Å²) in [5.74, 6) is 0. The Morgan fingerprint density at radius 3 is 3.00 bits per heavy atom. The average molecular weight is 138 g/mol. The lowest BCUT2D eigenvalue weighted by Gasteiger charge is -2.05. The first kappa shape index (κ1) is 7.48. The van der Waals surface area contributed by atoms with Crippen LogP contribution in [0.2, 0.25) is 0 Å². The highest BCUT2D eigenvalue weighted by atomic mass is 16.1. The summed E-state index contributed by atoms with van der Waals surface area (Å²) in [6.07, 6.45) is 6.80. The van der Waals surface area contributed by atoms with Crippen LogP contribution in [0.15, 0.2) is 12.7 Å². The summed E-state index contributed by atoms with van der Waals surface area (Å²) in [6.45, 7) is 3.64. The Kier molecular flexibility index (Phi) is 2.63. The molecule has 0 spiro atoms. The third-order valence-corrected chi connectivity index (χ3v) is 1.83. The van der Waals surface area contributed by atoms with Crippen LogP contribution < -0.4 is 5.32 Å². The minimum Gasteiger partial charge on any atom is -0.304 e. The van der Waals surface area contributed by atoms with E-state index in [1.807, 2.05) is 12.4 Å². The molecule has 1 aliphatic heterocycles. The van der Waals surface area contributed by atoms with Crippen LogP contribution in [0.4, 0.5) is 0 Å². The molecule has 0 saturated carbocycles. The summed E-state index contributed by atoms with van der Waals surface area (Å²) in [5.41, 5.74) is 0. The topological polar surface area (TPSA) is 29.1 Å². The van der Waals surface area contributed by atoms with Gasteiger partial charge in [0.25, 0.3) is 0 Å². The summed E-state index contributed by atoms with van der Waals surface area (Å²) < 4.78 is 0.